The molecular formula is C46H64N6O6S. The molecule has 2 saturated carbocycles. The van der Waals surface area contributed by atoms with Crippen molar-refractivity contribution in [1.29, 1.82) is 0 Å². The van der Waals surface area contributed by atoms with Gasteiger partial charge >= 0.3 is 0 Å². The van der Waals surface area contributed by atoms with E-state index < -0.39 is 26.3 Å². The number of nitrogens with one attached hydrogen (secondary N) is 1. The predicted octanol–water partition coefficient (Wildman–Crippen LogP) is 7.77. The van der Waals surface area contributed by atoms with Crippen molar-refractivity contribution >= 4 is 32.8 Å². The van der Waals surface area contributed by atoms with E-state index in [-0.39, 0.29) is 38.1 Å². The summed E-state index contributed by atoms with van der Waals surface area (Å²) in [6.45, 7) is 17.3. The Bertz CT molecular complexity index is 2110. The van der Waals surface area contributed by atoms with Gasteiger partial charge in [-0.1, -0.05) is 52.0 Å². The smallest absolute Gasteiger partial charge is 0.293 e. The molecule has 0 radical (unpaired) electrons. The standard InChI is InChI=1S/C46H64N6O6S/c1-31(2)29-49-22-23-51(42(30-49)38-9-7-6-8-37(38)32(3)4)35-26-46(27-35)18-20-50(21-19-46)34-10-12-39(44(47)53)43(24-34)59(57,58)36-11-13-40(41(25-36)52(55)56)48-28-33-14-16-45(5,54)17-15-33/h6-13,24-25,31-33,35,42,48,54H,14-23,26-30H2,1-5H3,(H2,47,53). The summed E-state index contributed by atoms with van der Waals surface area (Å²) >= 11 is 0. The number of sulfone groups is 1. The zero-order chi connectivity index (χ0) is 42.3. The second kappa shape index (κ2) is 17.1. The zero-order valence-electron chi connectivity index (χ0n) is 35.5. The third kappa shape index (κ3) is 9.33. The van der Waals surface area contributed by atoms with Gasteiger partial charge in [0.15, 0.2) is 0 Å². The van der Waals surface area contributed by atoms with Crippen molar-refractivity contribution in [1.82, 2.24) is 9.80 Å². The second-order valence-corrected chi connectivity index (χ2v) is 21.0. The highest BCUT2D eigenvalue weighted by molar-refractivity contribution is 7.91. The van der Waals surface area contributed by atoms with Gasteiger partial charge in [0.1, 0.15) is 5.69 Å². The van der Waals surface area contributed by atoms with Crippen LogP contribution < -0.4 is 16.0 Å². The van der Waals surface area contributed by atoms with Crippen LogP contribution in [0.5, 0.6) is 0 Å². The number of carbonyl (C=O) groups is 1. The van der Waals surface area contributed by atoms with Crippen molar-refractivity contribution in [2.75, 3.05) is 56.0 Å². The first-order valence-corrected chi connectivity index (χ1v) is 23.2. The molecule has 4 aliphatic rings. The molecule has 4 N–H and O–H groups in total. The monoisotopic (exact) mass is 828 g/mol. The molecule has 7 rings (SSSR count). The molecule has 2 saturated heterocycles. The van der Waals surface area contributed by atoms with Gasteiger partial charge in [-0.25, -0.2) is 8.42 Å². The number of hydrogen-bond donors (Lipinski definition) is 3. The highest BCUT2D eigenvalue weighted by atomic mass is 32.2. The number of aliphatic hydroxyl groups is 1. The van der Waals surface area contributed by atoms with Gasteiger partial charge in [-0.05, 0) is 123 Å². The van der Waals surface area contributed by atoms with Gasteiger partial charge in [-0.2, -0.15) is 0 Å². The molecule has 1 amide bonds. The fourth-order valence-corrected chi connectivity index (χ4v) is 11.9. The number of benzene rings is 3. The number of amides is 1. The number of nitrogens with zero attached hydrogens (tertiary/aromatic N) is 4. The summed E-state index contributed by atoms with van der Waals surface area (Å²) in [5.41, 5.74) is 8.57. The van der Waals surface area contributed by atoms with Crippen LogP contribution >= 0.6 is 0 Å². The largest absolute Gasteiger partial charge is 0.390 e. The van der Waals surface area contributed by atoms with E-state index in [1.165, 1.54) is 35.4 Å². The summed E-state index contributed by atoms with van der Waals surface area (Å²) in [6.07, 6.45) is 7.17. The van der Waals surface area contributed by atoms with E-state index in [9.17, 15) is 28.4 Å². The molecule has 1 atom stereocenters. The van der Waals surface area contributed by atoms with Crippen LogP contribution in [0.15, 0.2) is 70.5 Å². The number of nitro groups is 1. The topological polar surface area (TPSA) is 162 Å². The third-order valence-corrected chi connectivity index (χ3v) is 15.7. The molecule has 59 heavy (non-hydrogen) atoms. The zero-order valence-corrected chi connectivity index (χ0v) is 36.3. The Balaban J connectivity index is 1.04. The molecule has 320 valence electrons. The molecule has 2 heterocycles. The minimum atomic E-state index is -4.38. The lowest BCUT2D eigenvalue weighted by Crippen LogP contribution is -2.60. The SMILES string of the molecule is CC(C)CN1CCN(C2CC3(CCN(c4ccc(C(N)=O)c(S(=O)(=O)c5ccc(NCC6CCC(C)(O)CC6)c([N+](=O)[O-])c5)c4)CC3)C2)C(c2ccccc2C(C)C)C1. The van der Waals surface area contributed by atoms with E-state index in [0.717, 1.165) is 83.9 Å². The maximum absolute atomic E-state index is 14.3. The molecule has 4 fully saturated rings. The Morgan fingerprint density at radius 3 is 2.31 bits per heavy atom. The maximum Gasteiger partial charge on any atom is 0.293 e. The van der Waals surface area contributed by atoms with Gasteiger partial charge in [0.25, 0.3) is 5.69 Å². The summed E-state index contributed by atoms with van der Waals surface area (Å²) in [5, 5.41) is 25.7. The van der Waals surface area contributed by atoms with Gasteiger partial charge in [0.2, 0.25) is 15.7 Å². The molecule has 13 heteroatoms. The number of hydrogen-bond acceptors (Lipinski definition) is 10. The summed E-state index contributed by atoms with van der Waals surface area (Å²) in [5.74, 6) is 0.426. The van der Waals surface area contributed by atoms with Crippen molar-refractivity contribution in [2.45, 2.75) is 119 Å². The number of nitrogens with two attached hydrogens (primary N) is 1. The minimum Gasteiger partial charge on any atom is -0.390 e. The molecule has 2 aliphatic carbocycles. The Morgan fingerprint density at radius 2 is 1.66 bits per heavy atom. The average molecular weight is 829 g/mol. The van der Waals surface area contributed by atoms with Gasteiger partial charge in [0.05, 0.1) is 25.9 Å². The predicted molar refractivity (Wildman–Crippen MR) is 233 cm³/mol. The first-order valence-electron chi connectivity index (χ1n) is 21.7. The van der Waals surface area contributed by atoms with Crippen LogP contribution in [0.3, 0.4) is 0 Å². The van der Waals surface area contributed by atoms with Gasteiger partial charge in [0, 0.05) is 69.7 Å². The highest BCUT2D eigenvalue weighted by Gasteiger charge is 2.50. The van der Waals surface area contributed by atoms with Crippen molar-refractivity contribution in [3.63, 3.8) is 0 Å². The Morgan fingerprint density at radius 1 is 0.966 bits per heavy atom. The molecule has 0 aromatic heterocycles. The van der Waals surface area contributed by atoms with Crippen LogP contribution in [0, 0.1) is 27.4 Å². The van der Waals surface area contributed by atoms with Crippen LogP contribution in [0.2, 0.25) is 0 Å². The van der Waals surface area contributed by atoms with Crippen LogP contribution in [-0.2, 0) is 9.84 Å². The second-order valence-electron chi connectivity index (χ2n) is 19.0. The number of nitro benzene ring substituents is 1. The number of rotatable bonds is 13. The third-order valence-electron chi connectivity index (χ3n) is 13.9. The number of carbonyl (C=O) groups excluding carboxylic acids is 1. The molecule has 1 unspecified atom stereocenters. The maximum atomic E-state index is 14.3. The van der Waals surface area contributed by atoms with Crippen LogP contribution in [-0.4, -0.2) is 91.6 Å². The van der Waals surface area contributed by atoms with Gasteiger partial charge in [-0.3, -0.25) is 24.7 Å². The Kier molecular flexibility index (Phi) is 12.5. The van der Waals surface area contributed by atoms with Gasteiger partial charge in [-0.15, -0.1) is 0 Å². The highest BCUT2D eigenvalue weighted by Crippen LogP contribution is 2.53. The van der Waals surface area contributed by atoms with E-state index in [2.05, 4.69) is 72.0 Å². The lowest BCUT2D eigenvalue weighted by Gasteiger charge is -2.58. The summed E-state index contributed by atoms with van der Waals surface area (Å²) in [7, 11) is -4.38. The van der Waals surface area contributed by atoms with E-state index >= 15 is 0 Å². The molecule has 12 nitrogen and oxygen atoms in total. The van der Waals surface area contributed by atoms with Crippen LogP contribution in [0.25, 0.3) is 0 Å². The van der Waals surface area contributed by atoms with E-state index in [1.807, 2.05) is 6.92 Å². The molecule has 1 spiro atoms. The molecular weight excluding hydrogens is 765 g/mol. The lowest BCUT2D eigenvalue weighted by atomic mass is 9.59. The average Bonchev–Trinajstić information content (AvgIpc) is 3.19. The Labute approximate surface area is 350 Å². The number of anilines is 2. The number of piperazine rings is 1. The van der Waals surface area contributed by atoms with Crippen LogP contribution in [0.1, 0.15) is 119 Å². The lowest BCUT2D eigenvalue weighted by molar-refractivity contribution is -0.384. The summed E-state index contributed by atoms with van der Waals surface area (Å²) in [4.78, 5) is 31.4. The fraction of sp³-hybridized carbons (Fsp3) is 0.587. The first-order chi connectivity index (χ1) is 27.9. The van der Waals surface area contributed by atoms with Crippen molar-refractivity contribution in [2.24, 2.45) is 23.0 Å². The van der Waals surface area contributed by atoms with Crippen LogP contribution in [0.4, 0.5) is 17.1 Å². The van der Waals surface area contributed by atoms with Gasteiger partial charge < -0.3 is 21.1 Å². The first kappa shape index (κ1) is 43.1. The molecule has 0 bridgehead atoms. The summed E-state index contributed by atoms with van der Waals surface area (Å²) < 4.78 is 28.5. The molecule has 2 aliphatic heterocycles. The fourth-order valence-electron chi connectivity index (χ4n) is 10.4. The summed E-state index contributed by atoms with van der Waals surface area (Å²) in [6, 6.07) is 18.5. The normalized spacial score (nSPS) is 24.4. The quantitative estimate of drug-likeness (QED) is 0.115. The van der Waals surface area contributed by atoms with Crippen molar-refractivity contribution in [3.8, 4) is 0 Å². The number of primary amides is 1. The van der Waals surface area contributed by atoms with E-state index in [1.54, 1.807) is 6.07 Å². The Hall–Kier alpha value is -4.04. The van der Waals surface area contributed by atoms with Crippen molar-refractivity contribution in [3.05, 3.63) is 87.5 Å². The van der Waals surface area contributed by atoms with E-state index in [0.29, 0.717) is 49.0 Å². The number of piperidine rings is 1. The minimum absolute atomic E-state index is 0.149. The molecule has 3 aromatic rings. The molecule has 3 aromatic carbocycles. The van der Waals surface area contributed by atoms with Crippen molar-refractivity contribution < 1.29 is 23.2 Å². The van der Waals surface area contributed by atoms with E-state index in [4.69, 9.17) is 5.73 Å².